The molecule has 6 heteroatoms. The van der Waals surface area contributed by atoms with Gasteiger partial charge in [-0.2, -0.15) is 5.10 Å². The van der Waals surface area contributed by atoms with Gasteiger partial charge in [-0.25, -0.2) is 5.43 Å². The normalized spacial score (nSPS) is 17.0. The number of cyclic esters (lactones) is 1. The summed E-state index contributed by atoms with van der Waals surface area (Å²) in [4.78, 5) is 22.4. The molecule has 1 heterocycles. The van der Waals surface area contributed by atoms with E-state index in [1.807, 2.05) is 0 Å². The van der Waals surface area contributed by atoms with E-state index in [-0.39, 0.29) is 24.9 Å². The molecule has 0 aliphatic carbocycles. The molecular weight excluding hydrogens is 244 g/mol. The third kappa shape index (κ3) is 3.04. The number of halogens is 1. The molecule has 2 rings (SSSR count). The Kier molecular flexibility index (Phi) is 3.39. The second-order valence-corrected chi connectivity index (χ2v) is 3.90. The number of benzene rings is 1. The standard InChI is InChI=1S/C11H9ClN2O3/c12-8-3-1-7(2-4-8)11(16)14-13-9-5-10(15)17-6-9/h1-4H,5-6H2,(H,14,16). The van der Waals surface area contributed by atoms with Gasteiger partial charge in [0.1, 0.15) is 6.61 Å². The molecule has 0 unspecified atom stereocenters. The van der Waals surface area contributed by atoms with Crippen molar-refractivity contribution in [3.63, 3.8) is 0 Å². The molecular formula is C11H9ClN2O3. The van der Waals surface area contributed by atoms with Crippen LogP contribution in [0.25, 0.3) is 0 Å². The molecule has 17 heavy (non-hydrogen) atoms. The van der Waals surface area contributed by atoms with Gasteiger partial charge in [0.25, 0.3) is 5.91 Å². The summed E-state index contributed by atoms with van der Waals surface area (Å²) in [5.41, 5.74) is 3.31. The highest BCUT2D eigenvalue weighted by Crippen LogP contribution is 2.09. The Labute approximate surface area is 102 Å². The molecule has 0 atom stereocenters. The van der Waals surface area contributed by atoms with Gasteiger partial charge in [0.2, 0.25) is 0 Å². The zero-order chi connectivity index (χ0) is 12.3. The monoisotopic (exact) mass is 252 g/mol. The van der Waals surface area contributed by atoms with Gasteiger partial charge >= 0.3 is 5.97 Å². The van der Waals surface area contributed by atoms with Crippen molar-refractivity contribution in [2.45, 2.75) is 6.42 Å². The fraction of sp³-hybridized carbons (Fsp3) is 0.182. The fourth-order valence-electron chi connectivity index (χ4n) is 1.30. The van der Waals surface area contributed by atoms with Gasteiger partial charge in [0.05, 0.1) is 12.1 Å². The van der Waals surface area contributed by atoms with Crippen LogP contribution in [0.1, 0.15) is 16.8 Å². The molecule has 1 N–H and O–H groups in total. The molecule has 0 radical (unpaired) electrons. The number of rotatable bonds is 2. The van der Waals surface area contributed by atoms with Crippen LogP contribution in [-0.2, 0) is 9.53 Å². The number of carbonyl (C=O) groups excluding carboxylic acids is 2. The first kappa shape index (κ1) is 11.6. The van der Waals surface area contributed by atoms with E-state index in [1.54, 1.807) is 24.3 Å². The molecule has 1 saturated heterocycles. The van der Waals surface area contributed by atoms with Crippen LogP contribution in [0.5, 0.6) is 0 Å². The van der Waals surface area contributed by atoms with Gasteiger partial charge in [0, 0.05) is 10.6 Å². The van der Waals surface area contributed by atoms with Crippen molar-refractivity contribution in [1.82, 2.24) is 5.43 Å². The first-order valence-corrected chi connectivity index (χ1v) is 5.30. The summed E-state index contributed by atoms with van der Waals surface area (Å²) in [6, 6.07) is 6.42. The van der Waals surface area contributed by atoms with Crippen molar-refractivity contribution in [1.29, 1.82) is 0 Å². The summed E-state index contributed by atoms with van der Waals surface area (Å²) in [5, 5.41) is 4.37. The van der Waals surface area contributed by atoms with Gasteiger partial charge in [-0.3, -0.25) is 9.59 Å². The minimum Gasteiger partial charge on any atom is -0.459 e. The van der Waals surface area contributed by atoms with Crippen LogP contribution in [0.15, 0.2) is 29.4 Å². The van der Waals surface area contributed by atoms with E-state index in [9.17, 15) is 9.59 Å². The van der Waals surface area contributed by atoms with E-state index in [0.717, 1.165) is 0 Å². The number of esters is 1. The molecule has 1 fully saturated rings. The van der Waals surface area contributed by atoms with E-state index in [0.29, 0.717) is 16.3 Å². The number of ether oxygens (including phenoxy) is 1. The van der Waals surface area contributed by atoms with Crippen LogP contribution in [-0.4, -0.2) is 24.2 Å². The third-order valence-electron chi connectivity index (χ3n) is 2.17. The fourth-order valence-corrected chi connectivity index (χ4v) is 1.43. The smallest absolute Gasteiger partial charge is 0.312 e. The lowest BCUT2D eigenvalue weighted by Gasteiger charge is -2.00. The van der Waals surface area contributed by atoms with E-state index >= 15 is 0 Å². The van der Waals surface area contributed by atoms with Gasteiger partial charge < -0.3 is 4.74 Å². The number of hydrogen-bond acceptors (Lipinski definition) is 4. The Morgan fingerprint density at radius 2 is 2.06 bits per heavy atom. The van der Waals surface area contributed by atoms with Crippen molar-refractivity contribution in [2.24, 2.45) is 5.10 Å². The Hall–Kier alpha value is -1.88. The van der Waals surface area contributed by atoms with Crippen molar-refractivity contribution < 1.29 is 14.3 Å². The summed E-state index contributed by atoms with van der Waals surface area (Å²) >= 11 is 5.70. The highest BCUT2D eigenvalue weighted by molar-refractivity contribution is 6.30. The lowest BCUT2D eigenvalue weighted by atomic mass is 10.2. The Bertz CT molecular complexity index is 482. The highest BCUT2D eigenvalue weighted by atomic mass is 35.5. The number of carbonyl (C=O) groups is 2. The average molecular weight is 253 g/mol. The molecule has 1 aliphatic rings. The number of nitrogens with one attached hydrogen (secondary N) is 1. The molecule has 1 amide bonds. The first-order chi connectivity index (χ1) is 8.15. The molecule has 88 valence electrons. The van der Waals surface area contributed by atoms with Gasteiger partial charge in [-0.05, 0) is 24.3 Å². The predicted molar refractivity (Wildman–Crippen MR) is 61.9 cm³/mol. The van der Waals surface area contributed by atoms with E-state index < -0.39 is 0 Å². The zero-order valence-electron chi connectivity index (χ0n) is 8.77. The molecule has 1 aromatic rings. The maximum atomic E-state index is 11.6. The second kappa shape index (κ2) is 4.97. The Balaban J connectivity index is 1.98. The maximum absolute atomic E-state index is 11.6. The van der Waals surface area contributed by atoms with Crippen molar-refractivity contribution in [3.8, 4) is 0 Å². The van der Waals surface area contributed by atoms with E-state index in [2.05, 4.69) is 15.3 Å². The third-order valence-corrected chi connectivity index (χ3v) is 2.42. The summed E-state index contributed by atoms with van der Waals surface area (Å²) in [6.07, 6.45) is 0.126. The van der Waals surface area contributed by atoms with Gasteiger partial charge in [-0.15, -0.1) is 0 Å². The maximum Gasteiger partial charge on any atom is 0.312 e. The van der Waals surface area contributed by atoms with E-state index in [4.69, 9.17) is 11.6 Å². The Morgan fingerprint density at radius 1 is 1.35 bits per heavy atom. The van der Waals surface area contributed by atoms with E-state index in [1.165, 1.54) is 0 Å². The molecule has 1 aromatic carbocycles. The summed E-state index contributed by atoms with van der Waals surface area (Å²) < 4.78 is 4.68. The Morgan fingerprint density at radius 3 is 2.65 bits per heavy atom. The van der Waals surface area contributed by atoms with Crippen molar-refractivity contribution >= 4 is 29.2 Å². The van der Waals surface area contributed by atoms with Crippen LogP contribution < -0.4 is 5.43 Å². The minimum absolute atomic E-state index is 0.126. The lowest BCUT2D eigenvalue weighted by Crippen LogP contribution is -2.19. The van der Waals surface area contributed by atoms with Crippen LogP contribution >= 0.6 is 11.6 Å². The zero-order valence-corrected chi connectivity index (χ0v) is 9.53. The number of nitrogens with zero attached hydrogens (tertiary/aromatic N) is 1. The largest absolute Gasteiger partial charge is 0.459 e. The highest BCUT2D eigenvalue weighted by Gasteiger charge is 2.18. The van der Waals surface area contributed by atoms with Crippen molar-refractivity contribution in [3.05, 3.63) is 34.9 Å². The quantitative estimate of drug-likeness (QED) is 0.639. The van der Waals surface area contributed by atoms with Crippen LogP contribution in [0.2, 0.25) is 5.02 Å². The van der Waals surface area contributed by atoms with Crippen LogP contribution in [0.4, 0.5) is 0 Å². The van der Waals surface area contributed by atoms with Gasteiger partial charge in [-0.1, -0.05) is 11.6 Å². The predicted octanol–water partition coefficient (Wildman–Crippen LogP) is 1.37. The summed E-state index contributed by atoms with van der Waals surface area (Å²) in [6.45, 7) is 0.139. The molecule has 0 aromatic heterocycles. The first-order valence-electron chi connectivity index (χ1n) is 4.92. The number of amides is 1. The van der Waals surface area contributed by atoms with Crippen LogP contribution in [0, 0.1) is 0 Å². The molecule has 1 aliphatic heterocycles. The topological polar surface area (TPSA) is 67.8 Å². The minimum atomic E-state index is -0.353. The van der Waals surface area contributed by atoms with Gasteiger partial charge in [0.15, 0.2) is 0 Å². The summed E-state index contributed by atoms with van der Waals surface area (Å²) in [5.74, 6) is -0.682. The summed E-state index contributed by atoms with van der Waals surface area (Å²) in [7, 11) is 0. The SMILES string of the molecule is O=C1CC(=NNC(=O)c2ccc(Cl)cc2)CO1. The lowest BCUT2D eigenvalue weighted by molar-refractivity contribution is -0.137. The second-order valence-electron chi connectivity index (χ2n) is 3.46. The number of hydrogen-bond donors (Lipinski definition) is 1. The van der Waals surface area contributed by atoms with Crippen molar-refractivity contribution in [2.75, 3.05) is 6.61 Å². The average Bonchev–Trinajstić information content (AvgIpc) is 2.73. The molecule has 5 nitrogen and oxygen atoms in total. The molecule has 0 bridgehead atoms. The molecule has 0 saturated carbocycles. The molecule has 0 spiro atoms. The number of hydrazone groups is 1. The van der Waals surface area contributed by atoms with Crippen LogP contribution in [0.3, 0.4) is 0 Å².